The van der Waals surface area contributed by atoms with Gasteiger partial charge in [0.15, 0.2) is 0 Å². The monoisotopic (exact) mass is 252 g/mol. The minimum absolute atomic E-state index is 0.0694. The van der Waals surface area contributed by atoms with E-state index in [4.69, 9.17) is 0 Å². The molecule has 0 radical (unpaired) electrons. The van der Waals surface area contributed by atoms with Crippen LogP contribution in [0.25, 0.3) is 0 Å². The summed E-state index contributed by atoms with van der Waals surface area (Å²) in [4.78, 5) is 3.64. The van der Waals surface area contributed by atoms with Crippen LogP contribution >= 0.6 is 15.9 Å². The van der Waals surface area contributed by atoms with E-state index >= 15 is 0 Å². The fraction of sp³-hybridized carbons (Fsp3) is 0. The summed E-state index contributed by atoms with van der Waals surface area (Å²) in [6.45, 7) is 0. The topological polar surface area (TPSA) is 82.3 Å². The van der Waals surface area contributed by atoms with Crippen LogP contribution < -0.4 is 9.32 Å². The van der Waals surface area contributed by atoms with Gasteiger partial charge in [0.2, 0.25) is 5.88 Å². The van der Waals surface area contributed by atoms with Crippen LogP contribution in [0.3, 0.4) is 0 Å². The molecule has 0 bridgehead atoms. The van der Waals surface area contributed by atoms with Crippen molar-refractivity contribution in [3.63, 3.8) is 0 Å². The first kappa shape index (κ1) is 9.43. The largest absolute Gasteiger partial charge is 0.381 e. The molecule has 0 aliphatic carbocycles. The number of rotatable bonds is 2. The summed E-state index contributed by atoms with van der Waals surface area (Å²) < 4.78 is 25.6. The molecule has 0 spiro atoms. The molecule has 0 aromatic carbocycles. The Labute approximate surface area is 77.9 Å². The van der Waals surface area contributed by atoms with Crippen LogP contribution in [-0.2, 0) is 10.3 Å². The Morgan fingerprint density at radius 3 is 2.75 bits per heavy atom. The maximum Gasteiger partial charge on any atom is 0.381 e. The van der Waals surface area contributed by atoms with Gasteiger partial charge >= 0.3 is 10.3 Å². The Morgan fingerprint density at radius 2 is 2.25 bits per heavy atom. The average molecular weight is 253 g/mol. The highest BCUT2D eigenvalue weighted by atomic mass is 79.9. The highest BCUT2D eigenvalue weighted by Crippen LogP contribution is 2.21. The Hall–Kier alpha value is -0.660. The lowest BCUT2D eigenvalue weighted by Crippen LogP contribution is -2.19. The van der Waals surface area contributed by atoms with E-state index in [9.17, 15) is 8.42 Å². The molecule has 0 saturated carbocycles. The second-order valence-electron chi connectivity index (χ2n) is 1.87. The summed E-state index contributed by atoms with van der Waals surface area (Å²) in [5, 5.41) is 4.63. The standard InChI is InChI=1S/C5H5BrN2O3S/c6-4-2-1-3-8-5(4)11-12(7,9)10/h1-3H,(H2,7,9,10). The van der Waals surface area contributed by atoms with Crippen molar-refractivity contribution >= 4 is 26.2 Å². The first-order valence-electron chi connectivity index (χ1n) is 2.82. The van der Waals surface area contributed by atoms with E-state index in [0.29, 0.717) is 4.47 Å². The molecule has 7 heteroatoms. The van der Waals surface area contributed by atoms with Gasteiger partial charge in [-0.3, -0.25) is 0 Å². The molecule has 66 valence electrons. The Bertz CT molecular complexity index is 378. The molecule has 1 aromatic rings. The fourth-order valence-corrected chi connectivity index (χ4v) is 1.34. The predicted octanol–water partition coefficient (Wildman–Crippen LogP) is 0.426. The molecule has 1 aromatic heterocycles. The van der Waals surface area contributed by atoms with Gasteiger partial charge in [-0.2, -0.15) is 13.6 Å². The summed E-state index contributed by atoms with van der Waals surface area (Å²) in [6.07, 6.45) is 1.39. The number of hydrogen-bond donors (Lipinski definition) is 1. The van der Waals surface area contributed by atoms with Gasteiger partial charge in [-0.05, 0) is 28.1 Å². The highest BCUT2D eigenvalue weighted by Gasteiger charge is 2.08. The second-order valence-corrected chi connectivity index (χ2v) is 3.87. The number of pyridine rings is 1. The third-order valence-electron chi connectivity index (χ3n) is 0.920. The third kappa shape index (κ3) is 2.76. The van der Waals surface area contributed by atoms with E-state index in [1.807, 2.05) is 0 Å². The highest BCUT2D eigenvalue weighted by molar-refractivity contribution is 9.10. The van der Waals surface area contributed by atoms with Crippen LogP contribution in [0, 0.1) is 0 Å². The lowest BCUT2D eigenvalue weighted by Gasteiger charge is -2.01. The first-order valence-corrected chi connectivity index (χ1v) is 5.08. The van der Waals surface area contributed by atoms with Crippen molar-refractivity contribution < 1.29 is 12.6 Å². The van der Waals surface area contributed by atoms with E-state index in [1.54, 1.807) is 12.1 Å². The number of nitrogens with two attached hydrogens (primary N) is 1. The summed E-state index contributed by atoms with van der Waals surface area (Å²) >= 11 is 3.04. The van der Waals surface area contributed by atoms with Crippen molar-refractivity contribution in [3.8, 4) is 5.88 Å². The van der Waals surface area contributed by atoms with Crippen molar-refractivity contribution in [1.29, 1.82) is 0 Å². The zero-order valence-corrected chi connectivity index (χ0v) is 8.17. The minimum Gasteiger partial charge on any atom is -0.349 e. The van der Waals surface area contributed by atoms with Crippen LogP contribution in [0.5, 0.6) is 5.88 Å². The van der Waals surface area contributed by atoms with E-state index in [2.05, 4.69) is 30.2 Å². The molecule has 12 heavy (non-hydrogen) atoms. The van der Waals surface area contributed by atoms with E-state index in [0.717, 1.165) is 0 Å². The first-order chi connectivity index (χ1) is 5.49. The van der Waals surface area contributed by atoms with E-state index in [-0.39, 0.29) is 5.88 Å². The van der Waals surface area contributed by atoms with Gasteiger partial charge in [-0.1, -0.05) is 0 Å². The van der Waals surface area contributed by atoms with Crippen LogP contribution in [-0.4, -0.2) is 13.4 Å². The molecule has 0 unspecified atom stereocenters. The van der Waals surface area contributed by atoms with Crippen molar-refractivity contribution in [3.05, 3.63) is 22.8 Å². The van der Waals surface area contributed by atoms with Gasteiger partial charge in [-0.25, -0.2) is 4.98 Å². The SMILES string of the molecule is NS(=O)(=O)Oc1ncccc1Br. The molecule has 0 fully saturated rings. The van der Waals surface area contributed by atoms with Gasteiger partial charge < -0.3 is 4.18 Å². The van der Waals surface area contributed by atoms with Crippen LogP contribution in [0.2, 0.25) is 0 Å². The molecule has 0 aliphatic heterocycles. The summed E-state index contributed by atoms with van der Waals surface area (Å²) in [7, 11) is -3.99. The quantitative estimate of drug-likeness (QED) is 0.828. The molecule has 2 N–H and O–H groups in total. The minimum atomic E-state index is -3.99. The van der Waals surface area contributed by atoms with Crippen LogP contribution in [0.1, 0.15) is 0 Å². The summed E-state index contributed by atoms with van der Waals surface area (Å²) in [6, 6.07) is 3.22. The molecular weight excluding hydrogens is 248 g/mol. The van der Waals surface area contributed by atoms with Crippen molar-refractivity contribution in [2.45, 2.75) is 0 Å². The zero-order chi connectivity index (χ0) is 9.19. The predicted molar refractivity (Wildman–Crippen MR) is 45.7 cm³/mol. The molecule has 0 saturated heterocycles. The van der Waals surface area contributed by atoms with Crippen molar-refractivity contribution in [2.24, 2.45) is 5.14 Å². The van der Waals surface area contributed by atoms with Crippen LogP contribution in [0.15, 0.2) is 22.8 Å². The van der Waals surface area contributed by atoms with Gasteiger partial charge in [-0.15, -0.1) is 0 Å². The van der Waals surface area contributed by atoms with Gasteiger partial charge in [0.05, 0.1) is 4.47 Å². The molecule has 5 nitrogen and oxygen atoms in total. The smallest absolute Gasteiger partial charge is 0.349 e. The second kappa shape index (κ2) is 3.38. The molecule has 0 aliphatic rings. The maximum absolute atomic E-state index is 10.4. The van der Waals surface area contributed by atoms with Crippen molar-refractivity contribution in [1.82, 2.24) is 4.98 Å². The third-order valence-corrected chi connectivity index (χ3v) is 1.91. The molecule has 0 atom stereocenters. The fourth-order valence-electron chi connectivity index (χ4n) is 0.543. The van der Waals surface area contributed by atoms with Crippen LogP contribution in [0.4, 0.5) is 0 Å². The summed E-state index contributed by atoms with van der Waals surface area (Å²) in [5.41, 5.74) is 0. The Kier molecular flexibility index (Phi) is 2.65. The average Bonchev–Trinajstić information content (AvgIpc) is 1.91. The van der Waals surface area contributed by atoms with E-state index < -0.39 is 10.3 Å². The van der Waals surface area contributed by atoms with Crippen molar-refractivity contribution in [2.75, 3.05) is 0 Å². The number of nitrogens with zero attached hydrogens (tertiary/aromatic N) is 1. The Morgan fingerprint density at radius 1 is 1.58 bits per heavy atom. The number of hydrogen-bond acceptors (Lipinski definition) is 4. The zero-order valence-electron chi connectivity index (χ0n) is 5.77. The molecule has 1 heterocycles. The number of halogens is 1. The normalized spacial score (nSPS) is 11.2. The number of aromatic nitrogens is 1. The Balaban J connectivity index is 2.98. The summed E-state index contributed by atoms with van der Waals surface area (Å²) in [5.74, 6) is -0.0694. The molecule has 0 amide bonds. The van der Waals surface area contributed by atoms with Gasteiger partial charge in [0, 0.05) is 6.20 Å². The maximum atomic E-state index is 10.4. The van der Waals surface area contributed by atoms with Gasteiger partial charge in [0.1, 0.15) is 0 Å². The lowest BCUT2D eigenvalue weighted by molar-refractivity contribution is 0.476. The lowest BCUT2D eigenvalue weighted by atomic mass is 10.5. The molecule has 1 rings (SSSR count). The van der Waals surface area contributed by atoms with Gasteiger partial charge in [0.25, 0.3) is 0 Å². The molecular formula is C5H5BrN2O3S. The van der Waals surface area contributed by atoms with E-state index in [1.165, 1.54) is 6.20 Å².